The number of nitrogens with one attached hydrogen (secondary N) is 1. The first-order valence-electron chi connectivity index (χ1n) is 12.7. The molecule has 0 spiro atoms. The van der Waals surface area contributed by atoms with Gasteiger partial charge in [-0.2, -0.15) is 0 Å². The summed E-state index contributed by atoms with van der Waals surface area (Å²) in [6, 6.07) is 14.5. The number of carbonyl (C=O) groups is 3. The number of carbonyl (C=O) groups excluding carboxylic acids is 3. The predicted octanol–water partition coefficient (Wildman–Crippen LogP) is 1.83. The van der Waals surface area contributed by atoms with E-state index in [0.717, 1.165) is 16.5 Å². The first-order chi connectivity index (χ1) is 18.8. The molecule has 3 aromatic rings. The molecule has 0 radical (unpaired) electrons. The summed E-state index contributed by atoms with van der Waals surface area (Å²) in [6.45, 7) is 2.25. The van der Waals surface area contributed by atoms with Crippen molar-refractivity contribution in [3.63, 3.8) is 0 Å². The number of nitrogens with zero attached hydrogens (tertiary/aromatic N) is 2. The van der Waals surface area contributed by atoms with Crippen molar-refractivity contribution in [2.45, 2.75) is 26.0 Å². The molecule has 0 bridgehead atoms. The lowest BCUT2D eigenvalue weighted by atomic mass is 10.1. The highest BCUT2D eigenvalue weighted by Gasteiger charge is 2.28. The van der Waals surface area contributed by atoms with E-state index in [4.69, 9.17) is 13.9 Å². The zero-order valence-corrected chi connectivity index (χ0v) is 21.6. The molecular formula is C28H31N3O8. The summed E-state index contributed by atoms with van der Waals surface area (Å²) in [7, 11) is 0. The average Bonchev–Trinajstić information content (AvgIpc) is 3.20. The maximum absolute atomic E-state index is 13.0. The number of benzene rings is 2. The molecule has 39 heavy (non-hydrogen) atoms. The molecule has 1 atom stereocenters. The van der Waals surface area contributed by atoms with Crippen molar-refractivity contribution in [1.29, 1.82) is 0 Å². The van der Waals surface area contributed by atoms with Crippen molar-refractivity contribution in [3.8, 4) is 5.75 Å². The summed E-state index contributed by atoms with van der Waals surface area (Å²) < 4.78 is 16.1. The monoisotopic (exact) mass is 537 g/mol. The first kappa shape index (κ1) is 27.6. The molecule has 11 nitrogen and oxygen atoms in total. The van der Waals surface area contributed by atoms with Crippen LogP contribution in [0.15, 0.2) is 63.8 Å². The molecule has 0 aliphatic carbocycles. The van der Waals surface area contributed by atoms with Crippen molar-refractivity contribution in [1.82, 2.24) is 15.1 Å². The summed E-state index contributed by atoms with van der Waals surface area (Å²) in [5.41, 5.74) is 1.49. The standard InChI is InChI=1S/C28H31N3O8/c1-19-14-26(34)39-24-15-21(8-9-22(19)24)37-18-25(33)29-23(16-32)27(35)30-10-5-11-31(13-12-30)28(36)38-17-20-6-3-2-4-7-20/h2-4,6-9,14-15,23,32H,5,10-13,16-18H2,1H3,(H,29,33). The molecular weight excluding hydrogens is 506 g/mol. The van der Waals surface area contributed by atoms with Crippen LogP contribution in [-0.4, -0.2) is 78.2 Å². The third kappa shape index (κ3) is 7.35. The van der Waals surface area contributed by atoms with Crippen LogP contribution in [0.4, 0.5) is 4.79 Å². The molecule has 3 amide bonds. The van der Waals surface area contributed by atoms with E-state index in [2.05, 4.69) is 5.32 Å². The van der Waals surface area contributed by atoms with Gasteiger partial charge in [-0.05, 0) is 36.6 Å². The first-order valence-corrected chi connectivity index (χ1v) is 12.7. The highest BCUT2D eigenvalue weighted by Crippen LogP contribution is 2.22. The van der Waals surface area contributed by atoms with Gasteiger partial charge in [0.2, 0.25) is 5.91 Å². The van der Waals surface area contributed by atoms with Crippen molar-refractivity contribution in [3.05, 3.63) is 76.1 Å². The number of amides is 3. The second kappa shape index (κ2) is 12.9. The number of fused-ring (bicyclic) bond motifs is 1. The number of aliphatic hydroxyl groups is 1. The van der Waals surface area contributed by atoms with Gasteiger partial charge in [-0.15, -0.1) is 0 Å². The Morgan fingerprint density at radius 2 is 1.77 bits per heavy atom. The van der Waals surface area contributed by atoms with E-state index in [-0.39, 0.29) is 19.7 Å². The van der Waals surface area contributed by atoms with E-state index in [1.807, 2.05) is 30.3 Å². The van der Waals surface area contributed by atoms with Gasteiger partial charge in [-0.25, -0.2) is 9.59 Å². The largest absolute Gasteiger partial charge is 0.484 e. The summed E-state index contributed by atoms with van der Waals surface area (Å²) in [5.74, 6) is -0.743. The number of hydrogen-bond donors (Lipinski definition) is 2. The van der Waals surface area contributed by atoms with Crippen molar-refractivity contribution in [2.75, 3.05) is 39.4 Å². The van der Waals surface area contributed by atoms with Crippen LogP contribution in [0.1, 0.15) is 17.5 Å². The third-order valence-corrected chi connectivity index (χ3v) is 6.38. The minimum atomic E-state index is -1.16. The molecule has 0 saturated carbocycles. The van der Waals surface area contributed by atoms with Crippen LogP contribution < -0.4 is 15.7 Å². The highest BCUT2D eigenvalue weighted by atomic mass is 16.6. The summed E-state index contributed by atoms with van der Waals surface area (Å²) in [5, 5.41) is 13.0. The zero-order chi connectivity index (χ0) is 27.8. The number of ether oxygens (including phenoxy) is 2. The van der Waals surface area contributed by atoms with Gasteiger partial charge >= 0.3 is 11.7 Å². The summed E-state index contributed by atoms with van der Waals surface area (Å²) in [6.07, 6.45) is 0.0688. The number of aliphatic hydroxyl groups excluding tert-OH is 1. The second-order valence-corrected chi connectivity index (χ2v) is 9.20. The van der Waals surface area contributed by atoms with E-state index in [9.17, 15) is 24.3 Å². The Morgan fingerprint density at radius 3 is 2.54 bits per heavy atom. The Labute approximate surface area is 224 Å². The Bertz CT molecular complexity index is 1370. The molecule has 1 unspecified atom stereocenters. The SMILES string of the molecule is Cc1cc(=O)oc2cc(OCC(=O)NC(CO)C(=O)N3CCCN(C(=O)OCc4ccccc4)CC3)ccc12. The lowest BCUT2D eigenvalue weighted by molar-refractivity contribution is -0.137. The fourth-order valence-electron chi connectivity index (χ4n) is 4.32. The molecule has 2 heterocycles. The number of hydrogen-bond acceptors (Lipinski definition) is 8. The Kier molecular flexibility index (Phi) is 9.16. The lowest BCUT2D eigenvalue weighted by Gasteiger charge is -2.26. The van der Waals surface area contributed by atoms with E-state index in [0.29, 0.717) is 30.8 Å². The summed E-state index contributed by atoms with van der Waals surface area (Å²) >= 11 is 0. The van der Waals surface area contributed by atoms with E-state index in [1.54, 1.807) is 24.0 Å². The zero-order valence-electron chi connectivity index (χ0n) is 21.6. The lowest BCUT2D eigenvalue weighted by Crippen LogP contribution is -2.52. The van der Waals surface area contributed by atoms with Gasteiger partial charge in [-0.3, -0.25) is 9.59 Å². The van der Waals surface area contributed by atoms with E-state index >= 15 is 0 Å². The van der Waals surface area contributed by atoms with Gasteiger partial charge in [0, 0.05) is 43.7 Å². The normalized spacial score (nSPS) is 14.4. The molecule has 1 saturated heterocycles. The van der Waals surface area contributed by atoms with E-state index < -0.39 is 42.8 Å². The molecule has 11 heteroatoms. The molecule has 1 fully saturated rings. The molecule has 2 N–H and O–H groups in total. The molecule has 2 aromatic carbocycles. The van der Waals surface area contributed by atoms with Gasteiger partial charge in [0.05, 0.1) is 6.61 Å². The van der Waals surface area contributed by atoms with Crippen LogP contribution in [-0.2, 0) is 20.9 Å². The second-order valence-electron chi connectivity index (χ2n) is 9.20. The molecule has 4 rings (SSSR count). The molecule has 1 aliphatic heterocycles. The number of rotatable bonds is 8. The minimum Gasteiger partial charge on any atom is -0.484 e. The third-order valence-electron chi connectivity index (χ3n) is 6.38. The average molecular weight is 538 g/mol. The van der Waals surface area contributed by atoms with Crippen LogP contribution in [0.2, 0.25) is 0 Å². The Balaban J connectivity index is 1.26. The van der Waals surface area contributed by atoms with Gasteiger partial charge in [0.25, 0.3) is 5.91 Å². The quantitative estimate of drug-likeness (QED) is 0.415. The fourth-order valence-corrected chi connectivity index (χ4v) is 4.32. The van der Waals surface area contributed by atoms with Crippen LogP contribution in [0.3, 0.4) is 0 Å². The molecule has 1 aliphatic rings. The predicted molar refractivity (Wildman–Crippen MR) is 141 cm³/mol. The van der Waals surface area contributed by atoms with Crippen molar-refractivity contribution in [2.24, 2.45) is 0 Å². The minimum absolute atomic E-state index is 0.160. The van der Waals surface area contributed by atoms with Crippen LogP contribution in [0.25, 0.3) is 11.0 Å². The molecule has 206 valence electrons. The van der Waals surface area contributed by atoms with Crippen LogP contribution >= 0.6 is 0 Å². The van der Waals surface area contributed by atoms with E-state index in [1.165, 1.54) is 17.0 Å². The van der Waals surface area contributed by atoms with Crippen molar-refractivity contribution < 1.29 is 33.4 Å². The smallest absolute Gasteiger partial charge is 0.410 e. The van der Waals surface area contributed by atoms with Gasteiger partial charge in [0.15, 0.2) is 6.61 Å². The van der Waals surface area contributed by atoms with Crippen molar-refractivity contribution >= 4 is 28.9 Å². The fraction of sp³-hybridized carbons (Fsp3) is 0.357. The maximum atomic E-state index is 13.0. The maximum Gasteiger partial charge on any atom is 0.410 e. The van der Waals surface area contributed by atoms with Gasteiger partial charge in [0.1, 0.15) is 24.0 Å². The molecule has 1 aromatic heterocycles. The topological polar surface area (TPSA) is 139 Å². The van der Waals surface area contributed by atoms with Gasteiger partial charge < -0.3 is 34.1 Å². The van der Waals surface area contributed by atoms with Crippen LogP contribution in [0, 0.1) is 6.92 Å². The Hall–Kier alpha value is -4.38. The number of aryl methyl sites for hydroxylation is 1. The van der Waals surface area contributed by atoms with Gasteiger partial charge in [-0.1, -0.05) is 30.3 Å². The Morgan fingerprint density at radius 1 is 1.03 bits per heavy atom. The van der Waals surface area contributed by atoms with Crippen LogP contribution in [0.5, 0.6) is 5.75 Å². The highest BCUT2D eigenvalue weighted by molar-refractivity contribution is 5.88. The summed E-state index contributed by atoms with van der Waals surface area (Å²) in [4.78, 5) is 52.7.